The van der Waals surface area contributed by atoms with Crippen molar-refractivity contribution in [1.29, 1.82) is 0 Å². The Labute approximate surface area is 172 Å². The van der Waals surface area contributed by atoms with Gasteiger partial charge < -0.3 is 15.1 Å². The van der Waals surface area contributed by atoms with Gasteiger partial charge in [-0.05, 0) is 38.1 Å². The van der Waals surface area contributed by atoms with E-state index in [4.69, 9.17) is 4.42 Å². The molecule has 29 heavy (non-hydrogen) atoms. The van der Waals surface area contributed by atoms with E-state index in [9.17, 15) is 19.2 Å². The van der Waals surface area contributed by atoms with Gasteiger partial charge in [0.2, 0.25) is 5.91 Å². The van der Waals surface area contributed by atoms with E-state index in [1.54, 1.807) is 36.4 Å². The lowest BCUT2D eigenvalue weighted by atomic mass is 10.2. The Balaban J connectivity index is 1.85. The zero-order chi connectivity index (χ0) is 21.2. The molecular weight excluding hydrogens is 396 g/mol. The number of carbonyl (C=O) groups is 4. The molecule has 4 N–H and O–H groups in total. The Morgan fingerprint density at radius 1 is 1.00 bits per heavy atom. The minimum Gasteiger partial charge on any atom is -0.467 e. The summed E-state index contributed by atoms with van der Waals surface area (Å²) in [6.45, 7) is 3.76. The summed E-state index contributed by atoms with van der Waals surface area (Å²) in [4.78, 5) is 48.3. The summed E-state index contributed by atoms with van der Waals surface area (Å²) >= 11 is 1.20. The molecule has 1 heterocycles. The topological polar surface area (TPSA) is 130 Å². The van der Waals surface area contributed by atoms with Crippen LogP contribution >= 0.6 is 11.8 Å². The molecule has 0 aliphatic carbocycles. The Bertz CT molecular complexity index is 867. The van der Waals surface area contributed by atoms with Crippen LogP contribution in [0.3, 0.4) is 0 Å². The number of rotatable bonds is 7. The first-order valence-corrected chi connectivity index (χ1v) is 9.77. The molecule has 0 radical (unpaired) electrons. The molecule has 0 saturated heterocycles. The summed E-state index contributed by atoms with van der Waals surface area (Å²) in [5, 5.41) is 5.13. The van der Waals surface area contributed by atoms with Crippen LogP contribution in [-0.4, -0.2) is 35.4 Å². The first-order valence-electron chi connectivity index (χ1n) is 8.79. The molecule has 10 heteroatoms. The smallest absolute Gasteiger partial charge is 0.327 e. The van der Waals surface area contributed by atoms with Gasteiger partial charge in [0.25, 0.3) is 5.91 Å². The van der Waals surface area contributed by atoms with Crippen LogP contribution in [0.25, 0.3) is 0 Å². The second-order valence-electron chi connectivity index (χ2n) is 6.18. The highest BCUT2D eigenvalue weighted by Crippen LogP contribution is 2.22. The molecule has 2 rings (SSSR count). The molecule has 0 aliphatic rings. The maximum atomic E-state index is 12.4. The molecule has 154 valence electrons. The van der Waals surface area contributed by atoms with Crippen molar-refractivity contribution in [3.05, 3.63) is 54.0 Å². The number of amides is 4. The van der Waals surface area contributed by atoms with Crippen molar-refractivity contribution in [3.8, 4) is 0 Å². The first kappa shape index (κ1) is 22.0. The maximum absolute atomic E-state index is 12.4. The molecule has 2 aromatic rings. The second kappa shape index (κ2) is 10.9. The van der Waals surface area contributed by atoms with Gasteiger partial charge in [0.1, 0.15) is 5.76 Å². The number of thioether (sulfide) groups is 1. The van der Waals surface area contributed by atoms with Crippen LogP contribution in [0.15, 0.2) is 52.0 Å². The van der Waals surface area contributed by atoms with Gasteiger partial charge in [-0.1, -0.05) is 12.1 Å². The molecule has 0 bridgehead atoms. The monoisotopic (exact) mass is 418 g/mol. The van der Waals surface area contributed by atoms with E-state index in [-0.39, 0.29) is 29.8 Å². The molecule has 0 atom stereocenters. The van der Waals surface area contributed by atoms with Crippen LogP contribution in [0.4, 0.5) is 0 Å². The van der Waals surface area contributed by atoms with Gasteiger partial charge in [-0.25, -0.2) is 0 Å². The molecule has 9 nitrogen and oxygen atoms in total. The highest BCUT2D eigenvalue weighted by molar-refractivity contribution is 8.00. The van der Waals surface area contributed by atoms with E-state index in [1.165, 1.54) is 18.0 Å². The SMILES string of the molecule is CC(C)NC(=O)CSc1ccccc1C(=O)NNC(=O)C(=O)NCc1ccco1. The average Bonchev–Trinajstić information content (AvgIpc) is 3.21. The highest BCUT2D eigenvalue weighted by atomic mass is 32.2. The van der Waals surface area contributed by atoms with Gasteiger partial charge in [-0.3, -0.25) is 30.0 Å². The van der Waals surface area contributed by atoms with E-state index < -0.39 is 17.7 Å². The normalized spacial score (nSPS) is 10.3. The number of carbonyl (C=O) groups excluding carboxylic acids is 4. The fourth-order valence-electron chi connectivity index (χ4n) is 2.19. The maximum Gasteiger partial charge on any atom is 0.327 e. The van der Waals surface area contributed by atoms with E-state index in [0.29, 0.717) is 10.7 Å². The lowest BCUT2D eigenvalue weighted by Crippen LogP contribution is -2.48. The Hall–Kier alpha value is -3.27. The van der Waals surface area contributed by atoms with E-state index in [0.717, 1.165) is 0 Å². The van der Waals surface area contributed by atoms with Gasteiger partial charge in [0.05, 0.1) is 24.1 Å². The number of benzene rings is 1. The molecule has 0 aliphatic heterocycles. The Morgan fingerprint density at radius 2 is 1.76 bits per heavy atom. The molecule has 0 unspecified atom stereocenters. The van der Waals surface area contributed by atoms with Gasteiger partial charge in [0, 0.05) is 10.9 Å². The number of hydrogen-bond acceptors (Lipinski definition) is 6. The summed E-state index contributed by atoms with van der Waals surface area (Å²) in [7, 11) is 0. The predicted octanol–water partition coefficient (Wildman–Crippen LogP) is 0.974. The van der Waals surface area contributed by atoms with Crippen LogP contribution in [-0.2, 0) is 20.9 Å². The third-order valence-electron chi connectivity index (χ3n) is 3.44. The molecule has 1 aromatic heterocycles. The van der Waals surface area contributed by atoms with Crippen LogP contribution in [0.5, 0.6) is 0 Å². The van der Waals surface area contributed by atoms with Crippen molar-refractivity contribution in [1.82, 2.24) is 21.5 Å². The first-order chi connectivity index (χ1) is 13.9. The fourth-order valence-corrected chi connectivity index (χ4v) is 3.05. The van der Waals surface area contributed by atoms with Gasteiger partial charge >= 0.3 is 11.8 Å². The van der Waals surface area contributed by atoms with Crippen LogP contribution in [0.2, 0.25) is 0 Å². The van der Waals surface area contributed by atoms with Crippen molar-refractivity contribution in [2.75, 3.05) is 5.75 Å². The zero-order valence-electron chi connectivity index (χ0n) is 16.0. The number of nitrogens with one attached hydrogen (secondary N) is 4. The lowest BCUT2D eigenvalue weighted by molar-refractivity contribution is -0.139. The minimum absolute atomic E-state index is 0.0239. The minimum atomic E-state index is -1.02. The molecule has 4 amide bonds. The summed E-state index contributed by atoms with van der Waals surface area (Å²) < 4.78 is 5.05. The van der Waals surface area contributed by atoms with Gasteiger partial charge in [0.15, 0.2) is 0 Å². The third-order valence-corrected chi connectivity index (χ3v) is 4.51. The number of furan rings is 1. The summed E-state index contributed by atoms with van der Waals surface area (Å²) in [5.41, 5.74) is 4.53. The largest absolute Gasteiger partial charge is 0.467 e. The van der Waals surface area contributed by atoms with Crippen LogP contribution in [0.1, 0.15) is 30.0 Å². The van der Waals surface area contributed by atoms with Crippen molar-refractivity contribution in [2.24, 2.45) is 0 Å². The predicted molar refractivity (Wildman–Crippen MR) is 107 cm³/mol. The summed E-state index contributed by atoms with van der Waals surface area (Å²) in [6, 6.07) is 9.97. The van der Waals surface area contributed by atoms with E-state index >= 15 is 0 Å². The van der Waals surface area contributed by atoms with Gasteiger partial charge in [-0.2, -0.15) is 0 Å². The molecule has 1 aromatic carbocycles. The standard InChI is InChI=1S/C19H22N4O5S/c1-12(2)21-16(24)11-29-15-8-4-3-7-14(15)17(25)22-23-19(27)18(26)20-10-13-6-5-9-28-13/h3-9,12H,10-11H2,1-2H3,(H,20,26)(H,21,24)(H,22,25)(H,23,27). The van der Waals surface area contributed by atoms with Crippen molar-refractivity contribution >= 4 is 35.4 Å². The lowest BCUT2D eigenvalue weighted by Gasteiger charge is -2.11. The fraction of sp³-hybridized carbons (Fsp3) is 0.263. The highest BCUT2D eigenvalue weighted by Gasteiger charge is 2.17. The average molecular weight is 418 g/mol. The van der Waals surface area contributed by atoms with Crippen molar-refractivity contribution in [3.63, 3.8) is 0 Å². The van der Waals surface area contributed by atoms with Gasteiger partial charge in [-0.15, -0.1) is 11.8 Å². The van der Waals surface area contributed by atoms with Crippen molar-refractivity contribution in [2.45, 2.75) is 31.3 Å². The second-order valence-corrected chi connectivity index (χ2v) is 7.19. The van der Waals surface area contributed by atoms with E-state index in [2.05, 4.69) is 21.5 Å². The molecule has 0 spiro atoms. The molecule has 0 fully saturated rings. The Morgan fingerprint density at radius 3 is 2.45 bits per heavy atom. The number of hydrazine groups is 1. The summed E-state index contributed by atoms with van der Waals surface area (Å²) in [5.74, 6) is -2.07. The van der Waals surface area contributed by atoms with Crippen LogP contribution in [0, 0.1) is 0 Å². The summed E-state index contributed by atoms with van der Waals surface area (Å²) in [6.07, 6.45) is 1.45. The third kappa shape index (κ3) is 7.34. The van der Waals surface area contributed by atoms with E-state index in [1.807, 2.05) is 13.8 Å². The molecular formula is C19H22N4O5S. The zero-order valence-corrected chi connectivity index (χ0v) is 16.8. The number of hydrogen-bond donors (Lipinski definition) is 4. The Kier molecular flexibility index (Phi) is 8.28. The quantitative estimate of drug-likeness (QED) is 0.301. The van der Waals surface area contributed by atoms with Crippen molar-refractivity contribution < 1.29 is 23.6 Å². The van der Waals surface area contributed by atoms with Crippen LogP contribution < -0.4 is 21.5 Å². The molecule has 0 saturated carbocycles.